The molecule has 0 bridgehead atoms. The molecule has 114 valence electrons. The van der Waals surface area contributed by atoms with Crippen LogP contribution in [0.1, 0.15) is 12.5 Å². The summed E-state index contributed by atoms with van der Waals surface area (Å²) in [6.07, 6.45) is 0.969. The molecule has 2 aromatic rings. The fourth-order valence-electron chi connectivity index (χ4n) is 2.78. The van der Waals surface area contributed by atoms with Crippen LogP contribution in [0.5, 0.6) is 0 Å². The van der Waals surface area contributed by atoms with Gasteiger partial charge in [-0.1, -0.05) is 41.4 Å². The third kappa shape index (κ3) is 3.06. The van der Waals surface area contributed by atoms with Crippen LogP contribution in [0.25, 0.3) is 0 Å². The number of carbonyl (C=O) groups excluding carboxylic acids is 1. The van der Waals surface area contributed by atoms with Gasteiger partial charge in [0.05, 0.1) is 0 Å². The molecule has 0 aliphatic carbocycles. The first-order valence-electron chi connectivity index (χ1n) is 7.16. The zero-order valence-electron chi connectivity index (χ0n) is 12.1. The molecule has 3 nitrogen and oxygen atoms in total. The van der Waals surface area contributed by atoms with Crippen LogP contribution in [0, 0.1) is 0 Å². The molecule has 0 aromatic heterocycles. The van der Waals surface area contributed by atoms with E-state index in [-0.39, 0.29) is 11.9 Å². The van der Waals surface area contributed by atoms with E-state index in [1.807, 2.05) is 19.1 Å². The molecule has 0 saturated carbocycles. The summed E-state index contributed by atoms with van der Waals surface area (Å²) in [6, 6.07) is 12.9. The molecular formula is C17H16Cl2N2O. The lowest BCUT2D eigenvalue weighted by molar-refractivity contribution is -0.117. The van der Waals surface area contributed by atoms with Crippen LogP contribution in [0.15, 0.2) is 42.5 Å². The number of hydrogen-bond acceptors (Lipinski definition) is 2. The molecule has 5 heteroatoms. The normalized spacial score (nSPS) is 14.6. The standard InChI is InChI=1S/C17H16Cl2N2O/c1-11(21-7-6-12-4-2-3-5-16(12)21)17(22)20-15-9-13(18)8-14(19)10-15/h2-5,8-11H,6-7H2,1H3,(H,20,22)/t11-/m1/s1. The fraction of sp³-hybridized carbons (Fsp3) is 0.235. The van der Waals surface area contributed by atoms with E-state index in [2.05, 4.69) is 22.3 Å². The maximum atomic E-state index is 12.5. The number of rotatable bonds is 3. The third-order valence-corrected chi connectivity index (χ3v) is 4.34. The average molecular weight is 335 g/mol. The van der Waals surface area contributed by atoms with Crippen molar-refractivity contribution < 1.29 is 4.79 Å². The van der Waals surface area contributed by atoms with Gasteiger partial charge in [-0.25, -0.2) is 0 Å². The molecule has 1 aliphatic heterocycles. The van der Waals surface area contributed by atoms with Crippen molar-refractivity contribution in [3.8, 4) is 0 Å². The van der Waals surface area contributed by atoms with Crippen LogP contribution in [0.4, 0.5) is 11.4 Å². The summed E-state index contributed by atoms with van der Waals surface area (Å²) in [5, 5.41) is 3.89. The van der Waals surface area contributed by atoms with Crippen LogP contribution < -0.4 is 10.2 Å². The van der Waals surface area contributed by atoms with E-state index in [9.17, 15) is 4.79 Å². The molecule has 0 fully saturated rings. The van der Waals surface area contributed by atoms with E-state index < -0.39 is 0 Å². The summed E-state index contributed by atoms with van der Waals surface area (Å²) in [5.41, 5.74) is 3.03. The second-order valence-electron chi connectivity index (χ2n) is 5.40. The maximum absolute atomic E-state index is 12.5. The summed E-state index contributed by atoms with van der Waals surface area (Å²) in [6.45, 7) is 2.76. The number of para-hydroxylation sites is 1. The first kappa shape index (κ1) is 15.2. The smallest absolute Gasteiger partial charge is 0.246 e. The Morgan fingerprint density at radius 2 is 1.86 bits per heavy atom. The quantitative estimate of drug-likeness (QED) is 0.903. The molecular weight excluding hydrogens is 319 g/mol. The Balaban J connectivity index is 1.75. The number of benzene rings is 2. The van der Waals surface area contributed by atoms with E-state index in [1.165, 1.54) is 5.56 Å². The van der Waals surface area contributed by atoms with Crippen molar-refractivity contribution in [3.05, 3.63) is 58.1 Å². The van der Waals surface area contributed by atoms with Crippen molar-refractivity contribution in [2.75, 3.05) is 16.8 Å². The molecule has 0 unspecified atom stereocenters. The predicted octanol–water partition coefficient (Wildman–Crippen LogP) is 4.38. The van der Waals surface area contributed by atoms with Crippen molar-refractivity contribution in [2.24, 2.45) is 0 Å². The van der Waals surface area contributed by atoms with E-state index in [0.717, 1.165) is 18.7 Å². The van der Waals surface area contributed by atoms with Gasteiger partial charge in [0, 0.05) is 28.0 Å². The Morgan fingerprint density at radius 3 is 2.59 bits per heavy atom. The summed E-state index contributed by atoms with van der Waals surface area (Å²) < 4.78 is 0. The Kier molecular flexibility index (Phi) is 4.27. The molecule has 3 rings (SSSR count). The minimum atomic E-state index is -0.263. The summed E-state index contributed by atoms with van der Waals surface area (Å²) in [7, 11) is 0. The van der Waals surface area contributed by atoms with Crippen molar-refractivity contribution in [1.29, 1.82) is 0 Å². The highest BCUT2D eigenvalue weighted by Crippen LogP contribution is 2.30. The van der Waals surface area contributed by atoms with Crippen LogP contribution in [0.3, 0.4) is 0 Å². The molecule has 22 heavy (non-hydrogen) atoms. The lowest BCUT2D eigenvalue weighted by Gasteiger charge is -2.26. The molecule has 0 saturated heterocycles. The molecule has 0 radical (unpaired) electrons. The van der Waals surface area contributed by atoms with Gasteiger partial charge in [-0.3, -0.25) is 4.79 Å². The first-order valence-corrected chi connectivity index (χ1v) is 7.92. The van der Waals surface area contributed by atoms with Crippen molar-refractivity contribution in [3.63, 3.8) is 0 Å². The third-order valence-electron chi connectivity index (χ3n) is 3.90. The average Bonchev–Trinajstić information content (AvgIpc) is 2.89. The van der Waals surface area contributed by atoms with Gasteiger partial charge >= 0.3 is 0 Å². The molecule has 1 amide bonds. The van der Waals surface area contributed by atoms with Gasteiger partial charge < -0.3 is 10.2 Å². The largest absolute Gasteiger partial charge is 0.359 e. The van der Waals surface area contributed by atoms with Gasteiger partial charge in [-0.15, -0.1) is 0 Å². The minimum absolute atomic E-state index is 0.0740. The Bertz CT molecular complexity index is 697. The Morgan fingerprint density at radius 1 is 1.18 bits per heavy atom. The monoisotopic (exact) mass is 334 g/mol. The number of fused-ring (bicyclic) bond motifs is 1. The van der Waals surface area contributed by atoms with Gasteiger partial charge in [0.1, 0.15) is 6.04 Å². The molecule has 1 atom stereocenters. The first-order chi connectivity index (χ1) is 10.5. The lowest BCUT2D eigenvalue weighted by atomic mass is 10.1. The SMILES string of the molecule is C[C@H](C(=O)Nc1cc(Cl)cc(Cl)c1)N1CCc2ccccc21. The van der Waals surface area contributed by atoms with Gasteiger partial charge in [0.15, 0.2) is 0 Å². The topological polar surface area (TPSA) is 32.3 Å². The van der Waals surface area contributed by atoms with Crippen LogP contribution in [-0.2, 0) is 11.2 Å². The second-order valence-corrected chi connectivity index (χ2v) is 6.27. The number of halogens is 2. The van der Waals surface area contributed by atoms with E-state index in [0.29, 0.717) is 15.7 Å². The van der Waals surface area contributed by atoms with Crippen LogP contribution in [-0.4, -0.2) is 18.5 Å². The number of anilines is 2. The molecule has 0 spiro atoms. The summed E-state index contributed by atoms with van der Waals surface area (Å²) in [4.78, 5) is 14.6. The minimum Gasteiger partial charge on any atom is -0.359 e. The predicted molar refractivity (Wildman–Crippen MR) is 92.0 cm³/mol. The van der Waals surface area contributed by atoms with Crippen LogP contribution in [0.2, 0.25) is 10.0 Å². The number of amides is 1. The molecule has 1 N–H and O–H groups in total. The van der Waals surface area contributed by atoms with Gasteiger partial charge in [-0.05, 0) is 43.2 Å². The number of carbonyl (C=O) groups is 1. The Hall–Kier alpha value is -1.71. The summed E-state index contributed by atoms with van der Waals surface area (Å²) in [5.74, 6) is -0.0740. The van der Waals surface area contributed by atoms with Crippen LogP contribution >= 0.6 is 23.2 Å². The lowest BCUT2D eigenvalue weighted by Crippen LogP contribution is -2.41. The zero-order chi connectivity index (χ0) is 15.7. The maximum Gasteiger partial charge on any atom is 0.246 e. The zero-order valence-corrected chi connectivity index (χ0v) is 13.7. The van der Waals surface area contributed by atoms with Crippen molar-refractivity contribution >= 4 is 40.5 Å². The van der Waals surface area contributed by atoms with E-state index in [1.54, 1.807) is 18.2 Å². The van der Waals surface area contributed by atoms with Gasteiger partial charge in [0.25, 0.3) is 0 Å². The van der Waals surface area contributed by atoms with Crippen molar-refractivity contribution in [2.45, 2.75) is 19.4 Å². The highest BCUT2D eigenvalue weighted by atomic mass is 35.5. The Labute approximate surface area is 139 Å². The number of nitrogens with one attached hydrogen (secondary N) is 1. The number of hydrogen-bond donors (Lipinski definition) is 1. The van der Waals surface area contributed by atoms with E-state index >= 15 is 0 Å². The molecule has 2 aromatic carbocycles. The highest BCUT2D eigenvalue weighted by molar-refractivity contribution is 6.35. The fourth-order valence-corrected chi connectivity index (χ4v) is 3.31. The van der Waals surface area contributed by atoms with Gasteiger partial charge in [-0.2, -0.15) is 0 Å². The number of nitrogens with zero attached hydrogens (tertiary/aromatic N) is 1. The van der Waals surface area contributed by atoms with Gasteiger partial charge in [0.2, 0.25) is 5.91 Å². The van der Waals surface area contributed by atoms with E-state index in [4.69, 9.17) is 23.2 Å². The molecule has 1 aliphatic rings. The highest BCUT2D eigenvalue weighted by Gasteiger charge is 2.27. The second kappa shape index (κ2) is 6.19. The van der Waals surface area contributed by atoms with Crippen molar-refractivity contribution in [1.82, 2.24) is 0 Å². The summed E-state index contributed by atoms with van der Waals surface area (Å²) >= 11 is 11.9. The molecule has 1 heterocycles.